The second-order valence-corrected chi connectivity index (χ2v) is 12.1. The van der Waals surface area contributed by atoms with E-state index in [1.165, 1.54) is 12.8 Å². The van der Waals surface area contributed by atoms with E-state index in [4.69, 9.17) is 4.84 Å². The third-order valence-electron chi connectivity index (χ3n) is 10.3. The third-order valence-corrected chi connectivity index (χ3v) is 10.3. The Labute approximate surface area is 201 Å². The molecule has 0 bridgehead atoms. The van der Waals surface area contributed by atoms with Crippen LogP contribution in [0.5, 0.6) is 0 Å². The van der Waals surface area contributed by atoms with Crippen LogP contribution in [0.3, 0.4) is 0 Å². The summed E-state index contributed by atoms with van der Waals surface area (Å²) in [5.41, 5.74) is -0.302. The third kappa shape index (κ3) is 4.58. The van der Waals surface area contributed by atoms with Crippen molar-refractivity contribution in [2.45, 2.75) is 83.3 Å². The Morgan fingerprint density at radius 1 is 0.970 bits per heavy atom. The Kier molecular flexibility index (Phi) is 7.43. The van der Waals surface area contributed by atoms with Gasteiger partial charge in [-0.25, -0.2) is 0 Å². The van der Waals surface area contributed by atoms with Crippen molar-refractivity contribution in [3.63, 3.8) is 0 Å². The largest absolute Gasteiger partial charge is 0.394 e. The molecule has 4 aliphatic rings. The normalized spacial score (nSPS) is 45.6. The standard InChI is InChI=1S/C28H46N2O3/c1-26-14-12-23(31)20-22(26)9-10-25-24(26)13-15-27(2)21(11-16-28(25,27)32)8-6-5-7-17-29-33-19-18-30(3)4/h5-8,17,21-25,31-32H,9-16,18-20H2,1-4H3/b7-5+,8-6?,29-17+/t21-,22+,23-,24-,25+,26-,27+,28-/m0/s1. The molecule has 0 unspecified atom stereocenters. The smallest absolute Gasteiger partial charge is 0.129 e. The zero-order valence-corrected chi connectivity index (χ0v) is 21.2. The molecule has 4 aliphatic carbocycles. The van der Waals surface area contributed by atoms with E-state index in [1.54, 1.807) is 6.21 Å². The number of fused-ring (bicyclic) bond motifs is 5. The van der Waals surface area contributed by atoms with Crippen LogP contribution in [0.1, 0.15) is 71.6 Å². The van der Waals surface area contributed by atoms with Crippen molar-refractivity contribution in [3.05, 3.63) is 24.3 Å². The van der Waals surface area contributed by atoms with Crippen molar-refractivity contribution in [2.24, 2.45) is 39.7 Å². The van der Waals surface area contributed by atoms with Gasteiger partial charge in [0, 0.05) is 12.0 Å². The lowest BCUT2D eigenvalue weighted by Crippen LogP contribution is -2.62. The van der Waals surface area contributed by atoms with Crippen LogP contribution in [0.4, 0.5) is 0 Å². The molecular formula is C28H46N2O3. The van der Waals surface area contributed by atoms with Gasteiger partial charge in [-0.05, 0) is 107 Å². The Morgan fingerprint density at radius 3 is 2.58 bits per heavy atom. The van der Waals surface area contributed by atoms with E-state index in [0.717, 1.165) is 51.5 Å². The van der Waals surface area contributed by atoms with Crippen molar-refractivity contribution < 1.29 is 15.1 Å². The van der Waals surface area contributed by atoms with Gasteiger partial charge in [-0.15, -0.1) is 0 Å². The first-order valence-electron chi connectivity index (χ1n) is 13.2. The van der Waals surface area contributed by atoms with Crippen molar-refractivity contribution >= 4 is 6.21 Å². The minimum atomic E-state index is -0.555. The second kappa shape index (κ2) is 9.83. The Hall–Kier alpha value is -1.17. The highest BCUT2D eigenvalue weighted by atomic mass is 16.6. The maximum Gasteiger partial charge on any atom is 0.129 e. The van der Waals surface area contributed by atoms with E-state index in [2.05, 4.69) is 36.1 Å². The van der Waals surface area contributed by atoms with E-state index >= 15 is 0 Å². The molecule has 0 amide bonds. The minimum Gasteiger partial charge on any atom is -0.394 e. The number of aliphatic hydroxyl groups is 2. The van der Waals surface area contributed by atoms with Gasteiger partial charge < -0.3 is 20.0 Å². The van der Waals surface area contributed by atoms with Gasteiger partial charge in [0.15, 0.2) is 0 Å². The monoisotopic (exact) mass is 458 g/mol. The van der Waals surface area contributed by atoms with Crippen LogP contribution in [-0.4, -0.2) is 60.3 Å². The molecule has 4 rings (SSSR count). The SMILES string of the molecule is CN(C)CCO/N=C/C=C/C=C[C@H]1CC[C@]2(O)[C@@H]3CC[C@@H]4C[C@@H](O)CC[C@]4(C)[C@H]3CC[C@]12C. The zero-order chi connectivity index (χ0) is 23.7. The van der Waals surface area contributed by atoms with Gasteiger partial charge >= 0.3 is 0 Å². The maximum absolute atomic E-state index is 12.2. The number of likely N-dealkylation sites (N-methyl/N-ethyl adjacent to an activating group) is 1. The number of nitrogens with zero attached hydrogens (tertiary/aromatic N) is 2. The van der Waals surface area contributed by atoms with E-state index in [-0.39, 0.29) is 11.5 Å². The molecular weight excluding hydrogens is 412 g/mol. The number of allylic oxidation sites excluding steroid dienone is 4. The summed E-state index contributed by atoms with van der Waals surface area (Å²) >= 11 is 0. The molecule has 0 aromatic rings. The van der Waals surface area contributed by atoms with Gasteiger partial charge in [-0.3, -0.25) is 0 Å². The maximum atomic E-state index is 12.2. The molecule has 0 spiro atoms. The van der Waals surface area contributed by atoms with Crippen molar-refractivity contribution in [3.8, 4) is 0 Å². The molecule has 0 aliphatic heterocycles. The summed E-state index contributed by atoms with van der Waals surface area (Å²) < 4.78 is 0. The van der Waals surface area contributed by atoms with Gasteiger partial charge in [0.1, 0.15) is 6.61 Å². The van der Waals surface area contributed by atoms with Crippen LogP contribution in [0, 0.1) is 34.5 Å². The first-order valence-corrected chi connectivity index (χ1v) is 13.2. The summed E-state index contributed by atoms with van der Waals surface area (Å²) in [7, 11) is 4.03. The molecule has 0 aromatic carbocycles. The highest BCUT2D eigenvalue weighted by molar-refractivity contribution is 5.70. The molecule has 2 N–H and O–H groups in total. The highest BCUT2D eigenvalue weighted by Crippen LogP contribution is 2.69. The molecule has 0 aromatic heterocycles. The average Bonchev–Trinajstić information content (AvgIpc) is 3.04. The van der Waals surface area contributed by atoms with E-state index in [9.17, 15) is 10.2 Å². The summed E-state index contributed by atoms with van der Waals surface area (Å²) in [5.74, 6) is 2.06. The molecule has 0 radical (unpaired) electrons. The summed E-state index contributed by atoms with van der Waals surface area (Å²) in [6.07, 6.45) is 19.6. The summed E-state index contributed by atoms with van der Waals surface area (Å²) in [6, 6.07) is 0. The topological polar surface area (TPSA) is 65.3 Å². The molecule has 33 heavy (non-hydrogen) atoms. The molecule has 8 atom stereocenters. The molecule has 4 saturated carbocycles. The number of hydrogen-bond donors (Lipinski definition) is 2. The fourth-order valence-corrected chi connectivity index (χ4v) is 8.22. The lowest BCUT2D eigenvalue weighted by Gasteiger charge is -2.63. The quantitative estimate of drug-likeness (QED) is 0.249. The number of aliphatic hydroxyl groups excluding tert-OH is 1. The number of hydrogen-bond acceptors (Lipinski definition) is 5. The molecule has 4 fully saturated rings. The molecule has 0 heterocycles. The molecule has 5 nitrogen and oxygen atoms in total. The van der Waals surface area contributed by atoms with Crippen LogP contribution in [0.25, 0.3) is 0 Å². The van der Waals surface area contributed by atoms with Crippen LogP contribution in [0.2, 0.25) is 0 Å². The van der Waals surface area contributed by atoms with E-state index in [1.807, 2.05) is 26.2 Å². The van der Waals surface area contributed by atoms with Crippen molar-refractivity contribution in [2.75, 3.05) is 27.2 Å². The molecule has 5 heteroatoms. The fourth-order valence-electron chi connectivity index (χ4n) is 8.22. The van der Waals surface area contributed by atoms with Gasteiger partial charge in [0.2, 0.25) is 0 Å². The molecule has 186 valence electrons. The lowest BCUT2D eigenvalue weighted by atomic mass is 9.43. The van der Waals surface area contributed by atoms with Crippen LogP contribution in [-0.2, 0) is 4.84 Å². The summed E-state index contributed by atoms with van der Waals surface area (Å²) in [5, 5.41) is 26.4. The van der Waals surface area contributed by atoms with Gasteiger partial charge in [-0.1, -0.05) is 37.2 Å². The summed E-state index contributed by atoms with van der Waals surface area (Å²) in [6.45, 7) is 6.28. The first-order chi connectivity index (χ1) is 15.7. The Bertz CT molecular complexity index is 764. The lowest BCUT2D eigenvalue weighted by molar-refractivity contribution is -0.207. The van der Waals surface area contributed by atoms with E-state index in [0.29, 0.717) is 35.7 Å². The summed E-state index contributed by atoms with van der Waals surface area (Å²) in [4.78, 5) is 7.30. The predicted molar refractivity (Wildman–Crippen MR) is 134 cm³/mol. The second-order valence-electron chi connectivity index (χ2n) is 12.1. The van der Waals surface area contributed by atoms with Gasteiger partial charge in [0.05, 0.1) is 17.9 Å². The zero-order valence-electron chi connectivity index (χ0n) is 21.2. The van der Waals surface area contributed by atoms with Crippen molar-refractivity contribution in [1.82, 2.24) is 4.90 Å². The van der Waals surface area contributed by atoms with Crippen molar-refractivity contribution in [1.29, 1.82) is 0 Å². The van der Waals surface area contributed by atoms with Crippen LogP contribution in [0.15, 0.2) is 29.5 Å². The number of oxime groups is 1. The first kappa shape index (κ1) is 24.9. The average molecular weight is 459 g/mol. The van der Waals surface area contributed by atoms with E-state index < -0.39 is 5.60 Å². The van der Waals surface area contributed by atoms with Crippen LogP contribution < -0.4 is 0 Å². The Balaban J connectivity index is 1.38. The van der Waals surface area contributed by atoms with Gasteiger partial charge in [0.25, 0.3) is 0 Å². The molecule has 0 saturated heterocycles. The minimum absolute atomic E-state index is 0.0424. The highest BCUT2D eigenvalue weighted by Gasteiger charge is 2.66. The number of rotatable bonds is 7. The predicted octanol–water partition coefficient (Wildman–Crippen LogP) is 4.80. The van der Waals surface area contributed by atoms with Gasteiger partial charge in [-0.2, -0.15) is 0 Å². The van der Waals surface area contributed by atoms with Crippen LogP contribution >= 0.6 is 0 Å². The Morgan fingerprint density at radius 2 is 1.79 bits per heavy atom. The fraction of sp³-hybridized carbons (Fsp3) is 0.821.